The van der Waals surface area contributed by atoms with Crippen LogP contribution in [0.1, 0.15) is 12.5 Å². The molecule has 11 heavy (non-hydrogen) atoms. The molecule has 2 N–H and O–H groups in total. The highest BCUT2D eigenvalue weighted by Gasteiger charge is 1.97. The quantitative estimate of drug-likeness (QED) is 0.519. The van der Waals surface area contributed by atoms with Gasteiger partial charge in [-0.25, -0.2) is 0 Å². The van der Waals surface area contributed by atoms with Crippen LogP contribution in [0.15, 0.2) is 23.4 Å². The Morgan fingerprint density at radius 1 is 1.55 bits per heavy atom. The first-order valence-corrected chi connectivity index (χ1v) is 3.49. The second-order valence-corrected chi connectivity index (χ2v) is 2.33. The van der Waals surface area contributed by atoms with E-state index < -0.39 is 0 Å². The average molecular weight is 150 g/mol. The van der Waals surface area contributed by atoms with Gasteiger partial charge in [-0.15, -0.1) is 4.91 Å². The molecule has 0 radical (unpaired) electrons. The number of rotatable bonds is 2. The van der Waals surface area contributed by atoms with E-state index in [4.69, 9.17) is 5.73 Å². The third kappa shape index (κ3) is 1.55. The van der Waals surface area contributed by atoms with E-state index in [0.717, 1.165) is 17.7 Å². The van der Waals surface area contributed by atoms with Crippen molar-refractivity contribution in [1.82, 2.24) is 0 Å². The van der Waals surface area contributed by atoms with E-state index in [9.17, 15) is 4.91 Å². The Bertz CT molecular complexity index is 271. The molecule has 58 valence electrons. The van der Waals surface area contributed by atoms with E-state index in [-0.39, 0.29) is 0 Å². The number of nitrogens with zero attached hydrogens (tertiary/aromatic N) is 1. The minimum Gasteiger partial charge on any atom is -0.399 e. The third-order valence-corrected chi connectivity index (χ3v) is 1.61. The summed E-state index contributed by atoms with van der Waals surface area (Å²) in [5, 5.41) is 2.81. The highest BCUT2D eigenvalue weighted by molar-refractivity contribution is 5.54. The van der Waals surface area contributed by atoms with E-state index >= 15 is 0 Å². The van der Waals surface area contributed by atoms with Gasteiger partial charge in [0.25, 0.3) is 0 Å². The Hall–Kier alpha value is -1.38. The Kier molecular flexibility index (Phi) is 2.21. The first kappa shape index (κ1) is 7.72. The number of aryl methyl sites for hydroxylation is 1. The molecule has 0 atom stereocenters. The Labute approximate surface area is 65.2 Å². The van der Waals surface area contributed by atoms with Crippen molar-refractivity contribution in [3.8, 4) is 0 Å². The van der Waals surface area contributed by atoms with Crippen LogP contribution in [0, 0.1) is 4.91 Å². The van der Waals surface area contributed by atoms with Crippen LogP contribution in [0.25, 0.3) is 0 Å². The number of hydrogen-bond acceptors (Lipinski definition) is 3. The normalized spacial score (nSPS) is 9.55. The predicted molar refractivity (Wildman–Crippen MR) is 45.7 cm³/mol. The lowest BCUT2D eigenvalue weighted by molar-refractivity contribution is 1.14. The molecule has 0 saturated heterocycles. The molecule has 0 spiro atoms. The van der Waals surface area contributed by atoms with Gasteiger partial charge in [-0.05, 0) is 35.4 Å². The number of nitroso groups, excluding NO2 is 1. The molecule has 0 aliphatic heterocycles. The highest BCUT2D eigenvalue weighted by atomic mass is 16.3. The largest absolute Gasteiger partial charge is 0.399 e. The van der Waals surface area contributed by atoms with Crippen LogP contribution < -0.4 is 5.73 Å². The molecule has 3 heteroatoms. The van der Waals surface area contributed by atoms with Crippen molar-refractivity contribution >= 4 is 11.4 Å². The van der Waals surface area contributed by atoms with Gasteiger partial charge in [0.1, 0.15) is 5.69 Å². The number of benzene rings is 1. The number of nitrogens with two attached hydrogens (primary N) is 1. The second-order valence-electron chi connectivity index (χ2n) is 2.33. The molecule has 0 unspecified atom stereocenters. The molecular formula is C8H10N2O. The molecule has 0 amide bonds. The van der Waals surface area contributed by atoms with Gasteiger partial charge in [0.15, 0.2) is 0 Å². The molecule has 0 heterocycles. The van der Waals surface area contributed by atoms with E-state index in [0.29, 0.717) is 5.69 Å². The molecule has 1 rings (SSSR count). The number of anilines is 1. The van der Waals surface area contributed by atoms with Crippen molar-refractivity contribution in [3.05, 3.63) is 28.7 Å². The van der Waals surface area contributed by atoms with Crippen molar-refractivity contribution < 1.29 is 0 Å². The SMILES string of the molecule is CCc1cc(N=O)ccc1N. The standard InChI is InChI=1S/C8H10N2O/c1-2-6-5-7(10-11)3-4-8(6)9/h3-5H,2,9H2,1H3. The van der Waals surface area contributed by atoms with E-state index in [1.54, 1.807) is 18.2 Å². The lowest BCUT2D eigenvalue weighted by atomic mass is 10.1. The minimum absolute atomic E-state index is 0.441. The van der Waals surface area contributed by atoms with Gasteiger partial charge in [-0.2, -0.15) is 0 Å². The van der Waals surface area contributed by atoms with Crippen LogP contribution in [0.2, 0.25) is 0 Å². The number of hydrogen-bond donors (Lipinski definition) is 1. The van der Waals surface area contributed by atoms with Crippen LogP contribution >= 0.6 is 0 Å². The van der Waals surface area contributed by atoms with Crippen LogP contribution in [0.4, 0.5) is 11.4 Å². The zero-order valence-corrected chi connectivity index (χ0v) is 6.37. The monoisotopic (exact) mass is 150 g/mol. The minimum atomic E-state index is 0.441. The number of nitrogen functional groups attached to an aromatic ring is 1. The topological polar surface area (TPSA) is 55.5 Å². The molecular weight excluding hydrogens is 140 g/mol. The summed E-state index contributed by atoms with van der Waals surface area (Å²) < 4.78 is 0. The lowest BCUT2D eigenvalue weighted by Gasteiger charge is -2.00. The molecule has 0 aliphatic rings. The van der Waals surface area contributed by atoms with Gasteiger partial charge in [-0.3, -0.25) is 0 Å². The van der Waals surface area contributed by atoms with E-state index in [1.807, 2.05) is 6.92 Å². The lowest BCUT2D eigenvalue weighted by Crippen LogP contribution is -1.91. The average Bonchev–Trinajstić information content (AvgIpc) is 2.05. The molecule has 0 saturated carbocycles. The summed E-state index contributed by atoms with van der Waals surface area (Å²) in [6, 6.07) is 5.03. The second kappa shape index (κ2) is 3.14. The molecule has 0 bridgehead atoms. The molecule has 0 fully saturated rings. The maximum atomic E-state index is 10.1. The summed E-state index contributed by atoms with van der Waals surface area (Å²) >= 11 is 0. The maximum Gasteiger partial charge on any atom is 0.108 e. The Balaban J connectivity index is 3.12. The summed E-state index contributed by atoms with van der Waals surface area (Å²) in [7, 11) is 0. The van der Waals surface area contributed by atoms with E-state index in [2.05, 4.69) is 5.18 Å². The predicted octanol–water partition coefficient (Wildman–Crippen LogP) is 2.23. The summed E-state index contributed by atoms with van der Waals surface area (Å²) in [5.41, 5.74) is 7.75. The molecule has 1 aromatic carbocycles. The molecule has 0 aromatic heterocycles. The smallest absolute Gasteiger partial charge is 0.108 e. The van der Waals surface area contributed by atoms with Crippen LogP contribution in [-0.2, 0) is 6.42 Å². The third-order valence-electron chi connectivity index (χ3n) is 1.61. The van der Waals surface area contributed by atoms with Gasteiger partial charge in [0.05, 0.1) is 0 Å². The first-order valence-electron chi connectivity index (χ1n) is 3.49. The van der Waals surface area contributed by atoms with Gasteiger partial charge < -0.3 is 5.73 Å². The highest BCUT2D eigenvalue weighted by Crippen LogP contribution is 2.19. The zero-order chi connectivity index (χ0) is 8.27. The Morgan fingerprint density at radius 2 is 2.27 bits per heavy atom. The van der Waals surface area contributed by atoms with Crippen molar-refractivity contribution in [2.75, 3.05) is 5.73 Å². The van der Waals surface area contributed by atoms with Gasteiger partial charge in [0.2, 0.25) is 0 Å². The summed E-state index contributed by atoms with van der Waals surface area (Å²) in [6.07, 6.45) is 0.829. The van der Waals surface area contributed by atoms with Crippen molar-refractivity contribution in [2.24, 2.45) is 5.18 Å². The molecule has 1 aromatic rings. The Morgan fingerprint density at radius 3 is 2.82 bits per heavy atom. The first-order chi connectivity index (χ1) is 5.27. The maximum absolute atomic E-state index is 10.1. The van der Waals surface area contributed by atoms with Gasteiger partial charge in [0, 0.05) is 5.69 Å². The van der Waals surface area contributed by atoms with Crippen molar-refractivity contribution in [3.63, 3.8) is 0 Å². The van der Waals surface area contributed by atoms with Crippen LogP contribution in [-0.4, -0.2) is 0 Å². The van der Waals surface area contributed by atoms with Gasteiger partial charge in [-0.1, -0.05) is 6.92 Å². The summed E-state index contributed by atoms with van der Waals surface area (Å²) in [6.45, 7) is 1.99. The summed E-state index contributed by atoms with van der Waals surface area (Å²) in [5.74, 6) is 0. The summed E-state index contributed by atoms with van der Waals surface area (Å²) in [4.78, 5) is 10.1. The van der Waals surface area contributed by atoms with Crippen molar-refractivity contribution in [1.29, 1.82) is 0 Å². The fourth-order valence-electron chi connectivity index (χ4n) is 0.955. The fourth-order valence-corrected chi connectivity index (χ4v) is 0.955. The zero-order valence-electron chi connectivity index (χ0n) is 6.37. The van der Waals surface area contributed by atoms with Crippen molar-refractivity contribution in [2.45, 2.75) is 13.3 Å². The molecule has 3 nitrogen and oxygen atoms in total. The van der Waals surface area contributed by atoms with Crippen LogP contribution in [0.5, 0.6) is 0 Å². The molecule has 0 aliphatic carbocycles. The van der Waals surface area contributed by atoms with Crippen LogP contribution in [0.3, 0.4) is 0 Å². The fraction of sp³-hybridized carbons (Fsp3) is 0.250. The van der Waals surface area contributed by atoms with Gasteiger partial charge >= 0.3 is 0 Å². The van der Waals surface area contributed by atoms with E-state index in [1.165, 1.54) is 0 Å².